The molecule has 0 fully saturated rings. The molecule has 0 spiro atoms. The highest BCUT2D eigenvalue weighted by Gasteiger charge is 2.11. The van der Waals surface area contributed by atoms with E-state index in [1.807, 2.05) is 48.5 Å². The van der Waals surface area contributed by atoms with Crippen LogP contribution in [0.15, 0.2) is 59.4 Å². The highest BCUT2D eigenvalue weighted by Crippen LogP contribution is 2.10. The molecule has 0 unspecified atom stereocenters. The summed E-state index contributed by atoms with van der Waals surface area (Å²) in [5.74, 6) is -0.364. The van der Waals surface area contributed by atoms with Crippen molar-refractivity contribution in [1.29, 1.82) is 0 Å². The van der Waals surface area contributed by atoms with E-state index < -0.39 is 0 Å². The quantitative estimate of drug-likeness (QED) is 0.778. The van der Waals surface area contributed by atoms with Crippen LogP contribution in [0.2, 0.25) is 0 Å². The largest absolute Gasteiger partial charge is 0.348 e. The number of hydrogen-bond donors (Lipinski definition) is 2. The van der Waals surface area contributed by atoms with E-state index in [-0.39, 0.29) is 17.0 Å². The number of aromatic nitrogens is 1. The Hall–Kier alpha value is -2.88. The molecule has 2 aromatic carbocycles. The van der Waals surface area contributed by atoms with E-state index in [1.54, 1.807) is 6.07 Å². The van der Waals surface area contributed by atoms with Crippen molar-refractivity contribution in [2.75, 3.05) is 0 Å². The number of pyridine rings is 1. The zero-order valence-electron chi connectivity index (χ0n) is 12.9. The first-order valence-electron chi connectivity index (χ1n) is 7.65. The summed E-state index contributed by atoms with van der Waals surface area (Å²) in [6, 6.07) is 17.1. The van der Waals surface area contributed by atoms with E-state index in [9.17, 15) is 9.59 Å². The molecular weight excluding hydrogens is 288 g/mol. The van der Waals surface area contributed by atoms with Crippen LogP contribution in [0.1, 0.15) is 28.4 Å². The van der Waals surface area contributed by atoms with Crippen molar-refractivity contribution in [1.82, 2.24) is 10.3 Å². The molecule has 1 amide bonds. The van der Waals surface area contributed by atoms with E-state index in [4.69, 9.17) is 0 Å². The summed E-state index contributed by atoms with van der Waals surface area (Å²) in [7, 11) is 0. The fourth-order valence-corrected chi connectivity index (χ4v) is 2.49. The zero-order chi connectivity index (χ0) is 16.2. The molecule has 4 heteroatoms. The maximum atomic E-state index is 12.3. The third-order valence-electron chi connectivity index (χ3n) is 3.88. The van der Waals surface area contributed by atoms with E-state index in [0.717, 1.165) is 22.9 Å². The fourth-order valence-electron chi connectivity index (χ4n) is 2.49. The Labute approximate surface area is 134 Å². The fraction of sp³-hybridized carbons (Fsp3) is 0.158. The van der Waals surface area contributed by atoms with Gasteiger partial charge in [0.1, 0.15) is 5.56 Å². The molecule has 116 valence electrons. The van der Waals surface area contributed by atoms with Crippen LogP contribution in [-0.2, 0) is 13.0 Å². The van der Waals surface area contributed by atoms with Crippen molar-refractivity contribution in [3.63, 3.8) is 0 Å². The van der Waals surface area contributed by atoms with Gasteiger partial charge in [0.15, 0.2) is 0 Å². The lowest BCUT2D eigenvalue weighted by Gasteiger charge is -2.07. The lowest BCUT2D eigenvalue weighted by Crippen LogP contribution is -2.29. The second-order valence-electron chi connectivity index (χ2n) is 5.45. The Balaban J connectivity index is 1.77. The van der Waals surface area contributed by atoms with E-state index >= 15 is 0 Å². The third-order valence-corrected chi connectivity index (χ3v) is 3.88. The van der Waals surface area contributed by atoms with E-state index in [0.29, 0.717) is 6.54 Å². The Morgan fingerprint density at radius 3 is 2.48 bits per heavy atom. The number of hydrogen-bond acceptors (Lipinski definition) is 2. The van der Waals surface area contributed by atoms with Gasteiger partial charge < -0.3 is 10.3 Å². The van der Waals surface area contributed by atoms with E-state index in [2.05, 4.69) is 17.2 Å². The Bertz CT molecular complexity index is 895. The molecular formula is C19H18N2O2. The van der Waals surface area contributed by atoms with Gasteiger partial charge in [0.2, 0.25) is 0 Å². The zero-order valence-corrected chi connectivity index (χ0v) is 12.9. The minimum absolute atomic E-state index is 0.133. The number of nitrogens with one attached hydrogen (secondary N) is 2. The van der Waals surface area contributed by atoms with Crippen LogP contribution >= 0.6 is 0 Å². The number of carbonyl (C=O) groups is 1. The van der Waals surface area contributed by atoms with Gasteiger partial charge in [-0.15, -0.1) is 0 Å². The summed E-state index contributed by atoms with van der Waals surface area (Å²) < 4.78 is 0. The van der Waals surface area contributed by atoms with Gasteiger partial charge in [-0.05, 0) is 35.1 Å². The van der Waals surface area contributed by atoms with Crippen LogP contribution in [0.3, 0.4) is 0 Å². The van der Waals surface area contributed by atoms with Crippen molar-refractivity contribution < 1.29 is 4.79 Å². The van der Waals surface area contributed by atoms with Gasteiger partial charge in [0, 0.05) is 12.1 Å². The number of H-pyrrole nitrogens is 1. The maximum Gasteiger partial charge on any atom is 0.261 e. The summed E-state index contributed by atoms with van der Waals surface area (Å²) in [5, 5.41) is 3.64. The van der Waals surface area contributed by atoms with Crippen LogP contribution in [0.4, 0.5) is 0 Å². The number of carbonyl (C=O) groups excluding carboxylic acids is 1. The lowest BCUT2D eigenvalue weighted by molar-refractivity contribution is 0.0949. The molecule has 1 heterocycles. The molecule has 23 heavy (non-hydrogen) atoms. The molecule has 2 N–H and O–H groups in total. The minimum Gasteiger partial charge on any atom is -0.348 e. The molecule has 0 aliphatic heterocycles. The van der Waals surface area contributed by atoms with Crippen LogP contribution in [-0.4, -0.2) is 10.9 Å². The van der Waals surface area contributed by atoms with Crippen molar-refractivity contribution >= 4 is 16.8 Å². The monoisotopic (exact) mass is 306 g/mol. The number of para-hydroxylation sites is 1. The topological polar surface area (TPSA) is 62.0 Å². The van der Waals surface area contributed by atoms with Gasteiger partial charge in [-0.2, -0.15) is 0 Å². The summed E-state index contributed by atoms with van der Waals surface area (Å²) in [5.41, 5.74) is 2.75. The predicted octanol–water partition coefficient (Wildman–Crippen LogP) is 3.02. The molecule has 0 atom stereocenters. The molecule has 0 bridgehead atoms. The van der Waals surface area contributed by atoms with Gasteiger partial charge in [-0.25, -0.2) is 0 Å². The molecule has 0 saturated heterocycles. The molecule has 0 saturated carbocycles. The first-order chi connectivity index (χ1) is 11.2. The van der Waals surface area contributed by atoms with Crippen LogP contribution < -0.4 is 10.9 Å². The average Bonchev–Trinajstić information content (AvgIpc) is 2.59. The maximum absolute atomic E-state index is 12.3. The number of amides is 1. The van der Waals surface area contributed by atoms with Crippen molar-refractivity contribution in [3.05, 3.63) is 81.6 Å². The van der Waals surface area contributed by atoms with Crippen LogP contribution in [0, 0.1) is 0 Å². The van der Waals surface area contributed by atoms with Gasteiger partial charge >= 0.3 is 0 Å². The Kier molecular flexibility index (Phi) is 4.24. The smallest absolute Gasteiger partial charge is 0.261 e. The number of fused-ring (bicyclic) bond motifs is 1. The summed E-state index contributed by atoms with van der Waals surface area (Å²) >= 11 is 0. The van der Waals surface area contributed by atoms with E-state index in [1.165, 1.54) is 5.56 Å². The Morgan fingerprint density at radius 2 is 1.74 bits per heavy atom. The Morgan fingerprint density at radius 1 is 1.04 bits per heavy atom. The molecule has 1 aromatic heterocycles. The van der Waals surface area contributed by atoms with Gasteiger partial charge in [0.25, 0.3) is 11.5 Å². The predicted molar refractivity (Wildman–Crippen MR) is 91.6 cm³/mol. The SMILES string of the molecule is CCc1ccc(CNC(=O)c2cc3ccccc3[nH]c2=O)cc1. The van der Waals surface area contributed by atoms with Gasteiger partial charge in [-0.1, -0.05) is 49.4 Å². The molecule has 0 aliphatic rings. The summed E-state index contributed by atoms with van der Waals surface area (Å²) in [6.45, 7) is 2.50. The third kappa shape index (κ3) is 3.31. The molecule has 3 aromatic rings. The number of rotatable bonds is 4. The van der Waals surface area contributed by atoms with Crippen LogP contribution in [0.25, 0.3) is 10.9 Å². The minimum atomic E-state index is -0.373. The highest BCUT2D eigenvalue weighted by atomic mass is 16.2. The van der Waals surface area contributed by atoms with Gasteiger partial charge in [0.05, 0.1) is 0 Å². The van der Waals surface area contributed by atoms with Crippen LogP contribution in [0.5, 0.6) is 0 Å². The number of benzene rings is 2. The van der Waals surface area contributed by atoms with Crippen molar-refractivity contribution in [2.45, 2.75) is 19.9 Å². The standard InChI is InChI=1S/C19H18N2O2/c1-2-13-7-9-14(10-8-13)12-20-18(22)16-11-15-5-3-4-6-17(15)21-19(16)23/h3-11H,2,12H2,1H3,(H,20,22)(H,21,23). The second-order valence-corrected chi connectivity index (χ2v) is 5.45. The lowest BCUT2D eigenvalue weighted by atomic mass is 10.1. The second kappa shape index (κ2) is 6.48. The molecule has 0 radical (unpaired) electrons. The number of aromatic amines is 1. The highest BCUT2D eigenvalue weighted by molar-refractivity contribution is 5.97. The number of aryl methyl sites for hydroxylation is 1. The van der Waals surface area contributed by atoms with Gasteiger partial charge in [-0.3, -0.25) is 9.59 Å². The molecule has 0 aliphatic carbocycles. The summed E-state index contributed by atoms with van der Waals surface area (Å²) in [4.78, 5) is 27.1. The normalized spacial score (nSPS) is 10.7. The molecule has 3 rings (SSSR count). The van der Waals surface area contributed by atoms with Crippen molar-refractivity contribution in [2.24, 2.45) is 0 Å². The average molecular weight is 306 g/mol. The van der Waals surface area contributed by atoms with Crippen molar-refractivity contribution in [3.8, 4) is 0 Å². The molecule has 4 nitrogen and oxygen atoms in total. The first-order valence-corrected chi connectivity index (χ1v) is 7.65. The summed E-state index contributed by atoms with van der Waals surface area (Å²) in [6.07, 6.45) is 0.985. The first kappa shape index (κ1) is 15.0.